The standard InChI is InChI=1S/C13H24O6S/c1-4-5-6-7-8-10-11(14)13(2,19-12(10)15)9-18-20(3,16)17/h10-11,14H,4-9H2,1-3H3/t10-,11-,13?/m1/s1. The van der Waals surface area contributed by atoms with Crippen molar-refractivity contribution in [1.29, 1.82) is 0 Å². The molecule has 1 fully saturated rings. The number of hydrogen-bond donors (Lipinski definition) is 1. The Labute approximate surface area is 120 Å². The predicted octanol–water partition coefficient (Wildman–Crippen LogP) is 1.23. The number of aliphatic hydroxyl groups excluding tert-OH is 1. The van der Waals surface area contributed by atoms with Crippen LogP contribution in [0.4, 0.5) is 0 Å². The number of hydrogen-bond acceptors (Lipinski definition) is 6. The van der Waals surface area contributed by atoms with E-state index in [2.05, 4.69) is 11.1 Å². The minimum atomic E-state index is -3.63. The molecule has 3 atom stereocenters. The molecular weight excluding hydrogens is 284 g/mol. The lowest BCUT2D eigenvalue weighted by Gasteiger charge is -2.26. The van der Waals surface area contributed by atoms with Gasteiger partial charge in [0.1, 0.15) is 12.7 Å². The molecule has 1 rings (SSSR count). The van der Waals surface area contributed by atoms with Crippen molar-refractivity contribution >= 4 is 16.1 Å². The molecule has 1 aliphatic heterocycles. The molecule has 0 bridgehead atoms. The largest absolute Gasteiger partial charge is 0.454 e. The van der Waals surface area contributed by atoms with Crippen molar-refractivity contribution in [3.63, 3.8) is 0 Å². The molecule has 0 aliphatic carbocycles. The van der Waals surface area contributed by atoms with Crippen LogP contribution < -0.4 is 0 Å². The summed E-state index contributed by atoms with van der Waals surface area (Å²) in [6.45, 7) is 3.23. The minimum absolute atomic E-state index is 0.357. The first-order chi connectivity index (χ1) is 9.19. The molecule has 0 radical (unpaired) electrons. The predicted molar refractivity (Wildman–Crippen MR) is 73.5 cm³/mol. The van der Waals surface area contributed by atoms with Gasteiger partial charge in [0.25, 0.3) is 10.1 Å². The number of carbonyl (C=O) groups is 1. The summed E-state index contributed by atoms with van der Waals surface area (Å²) >= 11 is 0. The normalized spacial score (nSPS) is 30.5. The molecule has 1 heterocycles. The highest BCUT2D eigenvalue weighted by molar-refractivity contribution is 7.85. The van der Waals surface area contributed by atoms with Crippen LogP contribution in [-0.4, -0.2) is 44.1 Å². The van der Waals surface area contributed by atoms with Crippen molar-refractivity contribution in [3.8, 4) is 0 Å². The van der Waals surface area contributed by atoms with E-state index in [9.17, 15) is 18.3 Å². The summed E-state index contributed by atoms with van der Waals surface area (Å²) < 4.78 is 31.8. The van der Waals surface area contributed by atoms with Crippen LogP contribution in [0.5, 0.6) is 0 Å². The topological polar surface area (TPSA) is 89.9 Å². The van der Waals surface area contributed by atoms with Crippen molar-refractivity contribution < 1.29 is 27.2 Å². The third-order valence-electron chi connectivity index (χ3n) is 3.57. The Morgan fingerprint density at radius 2 is 2.00 bits per heavy atom. The fourth-order valence-corrected chi connectivity index (χ4v) is 2.77. The molecule has 0 spiro atoms. The number of aliphatic hydroxyl groups is 1. The Morgan fingerprint density at radius 3 is 2.55 bits per heavy atom. The lowest BCUT2D eigenvalue weighted by atomic mass is 9.89. The SMILES string of the molecule is CCCCCC[C@H]1C(=O)OC(C)(COS(C)(=O)=O)[C@@H]1O. The molecule has 1 N–H and O–H groups in total. The summed E-state index contributed by atoms with van der Waals surface area (Å²) in [5.41, 5.74) is -1.30. The molecule has 20 heavy (non-hydrogen) atoms. The molecular formula is C13H24O6S. The van der Waals surface area contributed by atoms with E-state index in [1.54, 1.807) is 0 Å². The number of esters is 1. The van der Waals surface area contributed by atoms with E-state index in [0.717, 1.165) is 31.9 Å². The van der Waals surface area contributed by atoms with Gasteiger partial charge < -0.3 is 9.84 Å². The lowest BCUT2D eigenvalue weighted by molar-refractivity contribution is -0.153. The highest BCUT2D eigenvalue weighted by atomic mass is 32.2. The fourth-order valence-electron chi connectivity index (χ4n) is 2.33. The summed E-state index contributed by atoms with van der Waals surface area (Å²) in [6.07, 6.45) is 4.45. The van der Waals surface area contributed by atoms with E-state index in [4.69, 9.17) is 4.74 Å². The fraction of sp³-hybridized carbons (Fsp3) is 0.923. The Bertz CT molecular complexity index is 432. The molecule has 1 unspecified atom stereocenters. The van der Waals surface area contributed by atoms with Crippen LogP contribution >= 0.6 is 0 Å². The average molecular weight is 308 g/mol. The van der Waals surface area contributed by atoms with Crippen molar-refractivity contribution in [3.05, 3.63) is 0 Å². The van der Waals surface area contributed by atoms with Gasteiger partial charge in [0.2, 0.25) is 0 Å². The van der Waals surface area contributed by atoms with E-state index in [-0.39, 0.29) is 6.61 Å². The molecule has 0 saturated carbocycles. The highest BCUT2D eigenvalue weighted by Gasteiger charge is 2.52. The summed E-state index contributed by atoms with van der Waals surface area (Å²) in [4.78, 5) is 11.8. The van der Waals surface area contributed by atoms with Crippen LogP contribution in [0.25, 0.3) is 0 Å². The van der Waals surface area contributed by atoms with Gasteiger partial charge in [-0.2, -0.15) is 8.42 Å². The number of rotatable bonds is 8. The van der Waals surface area contributed by atoms with Crippen molar-refractivity contribution in [2.24, 2.45) is 5.92 Å². The second kappa shape index (κ2) is 6.87. The number of unbranched alkanes of at least 4 members (excludes halogenated alkanes) is 3. The van der Waals surface area contributed by atoms with Crippen molar-refractivity contribution in [1.82, 2.24) is 0 Å². The summed E-state index contributed by atoms with van der Waals surface area (Å²) in [5.74, 6) is -1.08. The van der Waals surface area contributed by atoms with Crippen molar-refractivity contribution in [2.45, 2.75) is 57.7 Å². The van der Waals surface area contributed by atoms with E-state index in [1.165, 1.54) is 6.92 Å². The van der Waals surface area contributed by atoms with E-state index in [0.29, 0.717) is 6.42 Å². The molecule has 118 valence electrons. The third kappa shape index (κ3) is 4.71. The van der Waals surface area contributed by atoms with Crippen LogP contribution in [0.1, 0.15) is 46.0 Å². The molecule has 0 amide bonds. The minimum Gasteiger partial charge on any atom is -0.454 e. The van der Waals surface area contributed by atoms with Crippen LogP contribution in [0, 0.1) is 5.92 Å². The highest BCUT2D eigenvalue weighted by Crippen LogP contribution is 2.35. The number of cyclic esters (lactones) is 1. The van der Waals surface area contributed by atoms with Crippen molar-refractivity contribution in [2.75, 3.05) is 12.9 Å². The first-order valence-electron chi connectivity index (χ1n) is 6.95. The van der Waals surface area contributed by atoms with E-state index in [1.807, 2.05) is 0 Å². The molecule has 1 aliphatic rings. The van der Waals surface area contributed by atoms with Gasteiger partial charge in [0.05, 0.1) is 12.2 Å². The second-order valence-corrected chi connectivity index (χ2v) is 7.24. The van der Waals surface area contributed by atoms with Crippen LogP contribution in [0.3, 0.4) is 0 Å². The van der Waals surface area contributed by atoms with Gasteiger partial charge in [-0.1, -0.05) is 32.6 Å². The Balaban J connectivity index is 2.58. The summed E-state index contributed by atoms with van der Waals surface area (Å²) in [5, 5.41) is 10.2. The Morgan fingerprint density at radius 1 is 1.35 bits per heavy atom. The summed E-state index contributed by atoms with van der Waals surface area (Å²) in [7, 11) is -3.63. The molecule has 7 heteroatoms. The van der Waals surface area contributed by atoms with E-state index >= 15 is 0 Å². The van der Waals surface area contributed by atoms with Gasteiger partial charge in [-0.3, -0.25) is 8.98 Å². The smallest absolute Gasteiger partial charge is 0.312 e. The Kier molecular flexibility index (Phi) is 5.97. The molecule has 0 aromatic carbocycles. The average Bonchev–Trinajstić information content (AvgIpc) is 2.55. The van der Waals surface area contributed by atoms with Gasteiger partial charge in [-0.25, -0.2) is 0 Å². The molecule has 0 aromatic rings. The third-order valence-corrected chi connectivity index (χ3v) is 4.12. The van der Waals surface area contributed by atoms with Gasteiger partial charge in [-0.05, 0) is 13.3 Å². The van der Waals surface area contributed by atoms with E-state index < -0.39 is 33.7 Å². The molecule has 0 aromatic heterocycles. The Hall–Kier alpha value is -0.660. The zero-order chi connectivity index (χ0) is 15.4. The monoisotopic (exact) mass is 308 g/mol. The lowest BCUT2D eigenvalue weighted by Crippen LogP contribution is -2.43. The van der Waals surface area contributed by atoms with Gasteiger partial charge >= 0.3 is 5.97 Å². The summed E-state index contributed by atoms with van der Waals surface area (Å²) in [6, 6.07) is 0. The molecule has 1 saturated heterocycles. The second-order valence-electron chi connectivity index (χ2n) is 5.60. The first-order valence-corrected chi connectivity index (χ1v) is 8.76. The zero-order valence-corrected chi connectivity index (χ0v) is 13.1. The maximum atomic E-state index is 11.8. The van der Waals surface area contributed by atoms with Gasteiger partial charge in [-0.15, -0.1) is 0 Å². The van der Waals surface area contributed by atoms with Gasteiger partial charge in [0, 0.05) is 0 Å². The van der Waals surface area contributed by atoms with Crippen LogP contribution in [0.15, 0.2) is 0 Å². The number of carbonyl (C=O) groups excluding carboxylic acids is 1. The van der Waals surface area contributed by atoms with Gasteiger partial charge in [0.15, 0.2) is 5.60 Å². The van der Waals surface area contributed by atoms with Crippen LogP contribution in [-0.2, 0) is 23.8 Å². The maximum Gasteiger partial charge on any atom is 0.312 e. The first kappa shape index (κ1) is 17.4. The quantitative estimate of drug-likeness (QED) is 0.412. The van der Waals surface area contributed by atoms with Crippen LogP contribution in [0.2, 0.25) is 0 Å². The zero-order valence-electron chi connectivity index (χ0n) is 12.3. The molecule has 6 nitrogen and oxygen atoms in total. The maximum absolute atomic E-state index is 11.8. The number of ether oxygens (including phenoxy) is 1.